The molecule has 1 aliphatic rings. The molecule has 0 saturated heterocycles. The van der Waals surface area contributed by atoms with Gasteiger partial charge in [-0.15, -0.1) is 0 Å². The summed E-state index contributed by atoms with van der Waals surface area (Å²) in [5.41, 5.74) is 11.3. The number of aromatic nitrogens is 2. The van der Waals surface area contributed by atoms with Crippen molar-refractivity contribution >= 4 is 5.57 Å². The van der Waals surface area contributed by atoms with Crippen molar-refractivity contribution in [2.45, 2.75) is 33.4 Å². The Hall–Kier alpha value is -3.76. The maximum absolute atomic E-state index is 10.1. The van der Waals surface area contributed by atoms with Gasteiger partial charge in [0.25, 0.3) is 0 Å². The van der Waals surface area contributed by atoms with Gasteiger partial charge in [0.05, 0.1) is 29.1 Å². The number of ether oxygens (including phenoxy) is 2. The quantitative estimate of drug-likeness (QED) is 0.654. The molecule has 0 radical (unpaired) electrons. The largest absolute Gasteiger partial charge is 0.504 e. The van der Waals surface area contributed by atoms with Gasteiger partial charge in [-0.3, -0.25) is 5.73 Å². The van der Waals surface area contributed by atoms with E-state index in [1.807, 2.05) is 38.1 Å². The Balaban J connectivity index is 1.92. The van der Waals surface area contributed by atoms with Gasteiger partial charge in [0.1, 0.15) is 6.07 Å². The van der Waals surface area contributed by atoms with E-state index in [0.29, 0.717) is 46.2 Å². The van der Waals surface area contributed by atoms with E-state index in [0.717, 1.165) is 12.1 Å². The molecule has 0 spiro atoms. The molecule has 1 aromatic heterocycles. The number of phenols is 1. The van der Waals surface area contributed by atoms with Crippen LogP contribution in [0.4, 0.5) is 0 Å². The van der Waals surface area contributed by atoms with Crippen molar-refractivity contribution in [2.75, 3.05) is 6.61 Å². The van der Waals surface area contributed by atoms with Crippen LogP contribution in [0.25, 0.3) is 11.3 Å². The standard InChI is InChI=1S/C24H24N4O3/c1-4-15-6-9-17(10-7-15)28-24-21(14(3)27-28)22(18(13-25)23(26)31-24)16-8-11-19(29)20(12-16)30-5-2/h6-12,23,29H,4-5,26H2,1-3H3. The lowest BCUT2D eigenvalue weighted by atomic mass is 9.91. The Labute approximate surface area is 180 Å². The Morgan fingerprint density at radius 2 is 1.97 bits per heavy atom. The average molecular weight is 416 g/mol. The van der Waals surface area contributed by atoms with Gasteiger partial charge < -0.3 is 14.6 Å². The Morgan fingerprint density at radius 3 is 2.61 bits per heavy atom. The summed E-state index contributed by atoms with van der Waals surface area (Å²) in [6.07, 6.45) is 0.000826. The second-order valence-corrected chi connectivity index (χ2v) is 7.25. The van der Waals surface area contributed by atoms with E-state index in [4.69, 9.17) is 15.2 Å². The van der Waals surface area contributed by atoms with E-state index < -0.39 is 6.23 Å². The molecule has 0 aliphatic carbocycles. The number of phenolic OH excluding ortho intramolecular Hbond substituents is 1. The molecule has 158 valence electrons. The first-order valence-corrected chi connectivity index (χ1v) is 10.2. The number of rotatable bonds is 5. The Bertz CT molecular complexity index is 1200. The second kappa shape index (κ2) is 8.17. The van der Waals surface area contributed by atoms with Gasteiger partial charge in [0.2, 0.25) is 5.88 Å². The highest BCUT2D eigenvalue weighted by Crippen LogP contribution is 2.43. The predicted octanol–water partition coefficient (Wildman–Crippen LogP) is 3.85. The molecule has 1 atom stereocenters. The number of fused-ring (bicyclic) bond motifs is 1. The fraction of sp³-hybridized carbons (Fsp3) is 0.250. The summed E-state index contributed by atoms with van der Waals surface area (Å²) in [5.74, 6) is 0.852. The van der Waals surface area contributed by atoms with Gasteiger partial charge >= 0.3 is 0 Å². The van der Waals surface area contributed by atoms with Crippen LogP contribution in [0.15, 0.2) is 48.0 Å². The number of nitriles is 1. The van der Waals surface area contributed by atoms with E-state index in [1.165, 1.54) is 5.56 Å². The minimum absolute atomic E-state index is 0.0321. The zero-order valence-electron chi connectivity index (χ0n) is 17.7. The molecule has 0 saturated carbocycles. The lowest BCUT2D eigenvalue weighted by Gasteiger charge is -2.25. The smallest absolute Gasteiger partial charge is 0.226 e. The molecular weight excluding hydrogens is 392 g/mol. The number of hydrogen-bond acceptors (Lipinski definition) is 6. The number of nitrogens with zero attached hydrogens (tertiary/aromatic N) is 3. The molecule has 31 heavy (non-hydrogen) atoms. The van der Waals surface area contributed by atoms with Crippen LogP contribution < -0.4 is 15.2 Å². The van der Waals surface area contributed by atoms with E-state index >= 15 is 0 Å². The minimum Gasteiger partial charge on any atom is -0.504 e. The zero-order valence-corrected chi connectivity index (χ0v) is 17.7. The predicted molar refractivity (Wildman–Crippen MR) is 117 cm³/mol. The van der Waals surface area contributed by atoms with Crippen LogP contribution in [-0.4, -0.2) is 27.7 Å². The summed E-state index contributed by atoms with van der Waals surface area (Å²) in [6.45, 7) is 6.22. The summed E-state index contributed by atoms with van der Waals surface area (Å²) < 4.78 is 13.2. The molecular formula is C24H24N4O3. The SMILES string of the molecule is CCOc1cc(C2=C(C#N)C(N)Oc3c2c(C)nn3-c2ccc(CC)cc2)ccc1O. The van der Waals surface area contributed by atoms with Crippen molar-refractivity contribution in [1.82, 2.24) is 9.78 Å². The van der Waals surface area contributed by atoms with Crippen molar-refractivity contribution in [2.24, 2.45) is 5.73 Å². The summed E-state index contributed by atoms with van der Waals surface area (Å²) >= 11 is 0. The normalized spacial score (nSPS) is 15.3. The molecule has 0 fully saturated rings. The van der Waals surface area contributed by atoms with Gasteiger partial charge in [0, 0.05) is 5.57 Å². The number of hydrogen-bond donors (Lipinski definition) is 2. The summed E-state index contributed by atoms with van der Waals surface area (Å²) in [4.78, 5) is 0. The number of aromatic hydroxyl groups is 1. The number of benzene rings is 2. The molecule has 1 aliphatic heterocycles. The van der Waals surface area contributed by atoms with Crippen LogP contribution in [0.5, 0.6) is 17.4 Å². The highest BCUT2D eigenvalue weighted by molar-refractivity contribution is 5.89. The first-order valence-electron chi connectivity index (χ1n) is 10.2. The second-order valence-electron chi connectivity index (χ2n) is 7.25. The van der Waals surface area contributed by atoms with Crippen molar-refractivity contribution in [3.63, 3.8) is 0 Å². The number of aryl methyl sites for hydroxylation is 2. The van der Waals surface area contributed by atoms with Crippen LogP contribution in [0, 0.1) is 18.3 Å². The van der Waals surface area contributed by atoms with E-state index in [2.05, 4.69) is 18.1 Å². The summed E-state index contributed by atoms with van der Waals surface area (Å²) in [7, 11) is 0. The third-order valence-electron chi connectivity index (χ3n) is 5.32. The van der Waals surface area contributed by atoms with Gasteiger partial charge in [0.15, 0.2) is 17.7 Å². The van der Waals surface area contributed by atoms with Gasteiger partial charge in [-0.2, -0.15) is 10.4 Å². The topological polar surface area (TPSA) is 106 Å². The van der Waals surface area contributed by atoms with Crippen molar-refractivity contribution in [3.8, 4) is 29.1 Å². The maximum atomic E-state index is 10.1. The third kappa shape index (κ3) is 3.51. The molecule has 4 rings (SSSR count). The first kappa shape index (κ1) is 20.5. The van der Waals surface area contributed by atoms with Crippen molar-refractivity contribution in [1.29, 1.82) is 5.26 Å². The molecule has 0 amide bonds. The van der Waals surface area contributed by atoms with Crippen molar-refractivity contribution in [3.05, 3.63) is 70.4 Å². The highest BCUT2D eigenvalue weighted by atomic mass is 16.5. The molecule has 2 aromatic carbocycles. The number of nitrogens with two attached hydrogens (primary N) is 1. The van der Waals surface area contributed by atoms with E-state index in [9.17, 15) is 10.4 Å². The van der Waals surface area contributed by atoms with Crippen LogP contribution in [0.3, 0.4) is 0 Å². The van der Waals surface area contributed by atoms with Gasteiger partial charge in [-0.25, -0.2) is 4.68 Å². The molecule has 1 unspecified atom stereocenters. The van der Waals surface area contributed by atoms with Crippen molar-refractivity contribution < 1.29 is 14.6 Å². The fourth-order valence-corrected chi connectivity index (χ4v) is 3.77. The monoisotopic (exact) mass is 416 g/mol. The Kier molecular flexibility index (Phi) is 5.40. The third-order valence-corrected chi connectivity index (χ3v) is 5.32. The fourth-order valence-electron chi connectivity index (χ4n) is 3.77. The zero-order chi connectivity index (χ0) is 22.1. The summed E-state index contributed by atoms with van der Waals surface area (Å²) in [6, 6.07) is 15.2. The molecule has 0 bridgehead atoms. The van der Waals surface area contributed by atoms with Gasteiger partial charge in [-0.05, 0) is 55.7 Å². The lowest BCUT2D eigenvalue weighted by Crippen LogP contribution is -2.33. The van der Waals surface area contributed by atoms with E-state index in [1.54, 1.807) is 22.9 Å². The van der Waals surface area contributed by atoms with Crippen LogP contribution in [0.1, 0.15) is 36.2 Å². The molecule has 7 nitrogen and oxygen atoms in total. The average Bonchev–Trinajstić information content (AvgIpc) is 3.10. The van der Waals surface area contributed by atoms with Crippen LogP contribution in [0.2, 0.25) is 0 Å². The Morgan fingerprint density at radius 1 is 1.23 bits per heavy atom. The molecule has 7 heteroatoms. The molecule has 3 N–H and O–H groups in total. The van der Waals surface area contributed by atoms with Gasteiger partial charge in [-0.1, -0.05) is 25.1 Å². The van der Waals surface area contributed by atoms with Crippen LogP contribution >= 0.6 is 0 Å². The first-order chi connectivity index (χ1) is 15.0. The molecule has 3 aromatic rings. The van der Waals surface area contributed by atoms with E-state index in [-0.39, 0.29) is 5.75 Å². The van der Waals surface area contributed by atoms with Crippen LogP contribution in [-0.2, 0) is 6.42 Å². The summed E-state index contributed by atoms with van der Waals surface area (Å²) in [5, 5.41) is 24.6. The lowest BCUT2D eigenvalue weighted by molar-refractivity contribution is 0.228. The minimum atomic E-state index is -0.943. The molecule has 2 heterocycles. The highest BCUT2D eigenvalue weighted by Gasteiger charge is 2.33. The maximum Gasteiger partial charge on any atom is 0.226 e.